The first kappa shape index (κ1) is 15.6. The molecule has 1 aromatic carbocycles. The summed E-state index contributed by atoms with van der Waals surface area (Å²) in [5.41, 5.74) is 0.329. The third kappa shape index (κ3) is 3.23. The predicted octanol–water partition coefficient (Wildman–Crippen LogP) is 3.70. The molecule has 0 atom stereocenters. The van der Waals surface area contributed by atoms with Crippen LogP contribution in [0.5, 0.6) is 0 Å². The molecule has 0 radical (unpaired) electrons. The number of anilines is 1. The molecule has 0 spiro atoms. The minimum absolute atomic E-state index is 0.0347. The molecule has 1 fully saturated rings. The third-order valence-electron chi connectivity index (χ3n) is 4.00. The Labute approximate surface area is 130 Å². The standard InChI is InChI=1S/C16H15F3N2O2/c17-11-2-3-13-10(8-11)9-12(15(22)23)14(20-13)21-6-1-4-16(18,19)5-7-21/h2-3,8-9H,1,4-7H2,(H,22,23). The van der Waals surface area contributed by atoms with Crippen molar-refractivity contribution < 1.29 is 23.1 Å². The van der Waals surface area contributed by atoms with Gasteiger partial charge in [-0.1, -0.05) is 0 Å². The summed E-state index contributed by atoms with van der Waals surface area (Å²) in [5, 5.41) is 9.76. The van der Waals surface area contributed by atoms with E-state index in [-0.39, 0.29) is 37.2 Å². The van der Waals surface area contributed by atoms with Gasteiger partial charge in [0.25, 0.3) is 0 Å². The molecule has 7 heteroatoms. The molecule has 1 aliphatic heterocycles. The summed E-state index contributed by atoms with van der Waals surface area (Å²) in [6.07, 6.45) is -0.297. The molecule has 0 amide bonds. The van der Waals surface area contributed by atoms with Crippen molar-refractivity contribution in [1.82, 2.24) is 4.98 Å². The van der Waals surface area contributed by atoms with Crippen molar-refractivity contribution in [3.63, 3.8) is 0 Å². The largest absolute Gasteiger partial charge is 0.478 e. The highest BCUT2D eigenvalue weighted by molar-refractivity contribution is 5.98. The first-order chi connectivity index (χ1) is 10.9. The SMILES string of the molecule is O=C(O)c1cc2cc(F)ccc2nc1N1CCCC(F)(F)CC1. The number of aromatic nitrogens is 1. The Morgan fingerprint density at radius 1 is 1.22 bits per heavy atom. The predicted molar refractivity (Wildman–Crippen MR) is 79.7 cm³/mol. The molecule has 3 rings (SSSR count). The van der Waals surface area contributed by atoms with E-state index in [1.807, 2.05) is 0 Å². The Hall–Kier alpha value is -2.31. The van der Waals surface area contributed by atoms with E-state index in [9.17, 15) is 23.1 Å². The molecular weight excluding hydrogens is 309 g/mol. The Balaban J connectivity index is 2.06. The number of aromatic carboxylic acids is 1. The van der Waals surface area contributed by atoms with Crippen LogP contribution in [-0.4, -0.2) is 35.1 Å². The summed E-state index contributed by atoms with van der Waals surface area (Å²) in [7, 11) is 0. The average Bonchev–Trinajstić information content (AvgIpc) is 2.66. The van der Waals surface area contributed by atoms with Gasteiger partial charge in [0.05, 0.1) is 5.52 Å². The Morgan fingerprint density at radius 2 is 2.00 bits per heavy atom. The van der Waals surface area contributed by atoms with Gasteiger partial charge >= 0.3 is 5.97 Å². The number of hydrogen-bond acceptors (Lipinski definition) is 3. The minimum Gasteiger partial charge on any atom is -0.478 e. The van der Waals surface area contributed by atoms with E-state index in [1.165, 1.54) is 24.3 Å². The van der Waals surface area contributed by atoms with E-state index in [4.69, 9.17) is 0 Å². The van der Waals surface area contributed by atoms with Crippen molar-refractivity contribution in [2.75, 3.05) is 18.0 Å². The zero-order chi connectivity index (χ0) is 16.6. The maximum atomic E-state index is 13.5. The molecule has 122 valence electrons. The quantitative estimate of drug-likeness (QED) is 0.915. The summed E-state index contributed by atoms with van der Waals surface area (Å²) in [4.78, 5) is 17.4. The summed E-state index contributed by atoms with van der Waals surface area (Å²) in [5.74, 6) is -4.28. The third-order valence-corrected chi connectivity index (χ3v) is 4.00. The van der Waals surface area contributed by atoms with Crippen molar-refractivity contribution in [2.24, 2.45) is 0 Å². The van der Waals surface area contributed by atoms with E-state index in [1.54, 1.807) is 4.90 Å². The second-order valence-corrected chi connectivity index (χ2v) is 5.70. The molecule has 0 saturated carbocycles. The number of benzene rings is 1. The molecule has 2 aromatic rings. The average molecular weight is 324 g/mol. The van der Waals surface area contributed by atoms with Crippen LogP contribution in [0.4, 0.5) is 19.0 Å². The van der Waals surface area contributed by atoms with Crippen molar-refractivity contribution >= 4 is 22.7 Å². The highest BCUT2D eigenvalue weighted by Crippen LogP contribution is 2.31. The van der Waals surface area contributed by atoms with E-state index in [0.29, 0.717) is 17.4 Å². The molecular formula is C16H15F3N2O2. The maximum Gasteiger partial charge on any atom is 0.339 e. The van der Waals surface area contributed by atoms with Crippen LogP contribution < -0.4 is 4.90 Å². The number of hydrogen-bond donors (Lipinski definition) is 1. The van der Waals surface area contributed by atoms with Crippen LogP contribution in [0, 0.1) is 5.82 Å². The Bertz CT molecular complexity index is 764. The number of carboxylic acids is 1. The summed E-state index contributed by atoms with van der Waals surface area (Å²) in [6, 6.07) is 5.23. The van der Waals surface area contributed by atoms with E-state index >= 15 is 0 Å². The van der Waals surface area contributed by atoms with Crippen LogP contribution in [0.3, 0.4) is 0 Å². The van der Waals surface area contributed by atoms with Gasteiger partial charge in [-0.05, 0) is 30.7 Å². The summed E-state index contributed by atoms with van der Waals surface area (Å²) in [6.45, 7) is 0.350. The van der Waals surface area contributed by atoms with Crippen molar-refractivity contribution in [3.05, 3.63) is 35.6 Å². The van der Waals surface area contributed by atoms with Gasteiger partial charge in [0.15, 0.2) is 0 Å². The molecule has 0 bridgehead atoms. The maximum absolute atomic E-state index is 13.5. The summed E-state index contributed by atoms with van der Waals surface area (Å²) < 4.78 is 40.3. The van der Waals surface area contributed by atoms with Crippen LogP contribution >= 0.6 is 0 Å². The molecule has 0 aliphatic carbocycles. The minimum atomic E-state index is -2.74. The highest BCUT2D eigenvalue weighted by Gasteiger charge is 2.33. The number of carbonyl (C=O) groups is 1. The Kier molecular flexibility index (Phi) is 3.87. The first-order valence-electron chi connectivity index (χ1n) is 7.32. The van der Waals surface area contributed by atoms with Gasteiger partial charge in [-0.25, -0.2) is 22.9 Å². The molecule has 1 aliphatic rings. The van der Waals surface area contributed by atoms with Gasteiger partial charge in [-0.15, -0.1) is 0 Å². The van der Waals surface area contributed by atoms with Crippen molar-refractivity contribution in [3.8, 4) is 0 Å². The van der Waals surface area contributed by atoms with Gasteiger partial charge in [0, 0.05) is 31.3 Å². The molecule has 1 aromatic heterocycles. The van der Waals surface area contributed by atoms with Gasteiger partial charge in [-0.2, -0.15) is 0 Å². The number of halogens is 3. The van der Waals surface area contributed by atoms with Crippen molar-refractivity contribution in [2.45, 2.75) is 25.2 Å². The van der Waals surface area contributed by atoms with Crippen molar-refractivity contribution in [1.29, 1.82) is 0 Å². The van der Waals surface area contributed by atoms with Crippen LogP contribution in [0.25, 0.3) is 10.9 Å². The lowest BCUT2D eigenvalue weighted by Crippen LogP contribution is -2.28. The number of nitrogens with zero attached hydrogens (tertiary/aromatic N) is 2. The molecule has 1 saturated heterocycles. The number of carboxylic acid groups (broad SMARTS) is 1. The molecule has 0 unspecified atom stereocenters. The van der Waals surface area contributed by atoms with Crippen LogP contribution in [0.15, 0.2) is 24.3 Å². The lowest BCUT2D eigenvalue weighted by atomic mass is 10.1. The second-order valence-electron chi connectivity index (χ2n) is 5.70. The van der Waals surface area contributed by atoms with E-state index < -0.39 is 17.7 Å². The fourth-order valence-electron chi connectivity index (χ4n) is 2.81. The van der Waals surface area contributed by atoms with Gasteiger partial charge in [0.2, 0.25) is 5.92 Å². The number of pyridine rings is 1. The fraction of sp³-hybridized carbons (Fsp3) is 0.375. The lowest BCUT2D eigenvalue weighted by Gasteiger charge is -2.23. The highest BCUT2D eigenvalue weighted by atomic mass is 19.3. The first-order valence-corrected chi connectivity index (χ1v) is 7.32. The van der Waals surface area contributed by atoms with Crippen LogP contribution in [0.1, 0.15) is 29.6 Å². The number of fused-ring (bicyclic) bond motifs is 1. The summed E-state index contributed by atoms with van der Waals surface area (Å²) >= 11 is 0. The van der Waals surface area contributed by atoms with Crippen LogP contribution in [0.2, 0.25) is 0 Å². The number of alkyl halides is 2. The van der Waals surface area contributed by atoms with Gasteiger partial charge in [-0.3, -0.25) is 0 Å². The lowest BCUT2D eigenvalue weighted by molar-refractivity contribution is -0.0102. The Morgan fingerprint density at radius 3 is 2.74 bits per heavy atom. The topological polar surface area (TPSA) is 53.4 Å². The smallest absolute Gasteiger partial charge is 0.339 e. The fourth-order valence-corrected chi connectivity index (χ4v) is 2.81. The molecule has 1 N–H and O–H groups in total. The molecule has 23 heavy (non-hydrogen) atoms. The number of rotatable bonds is 2. The van der Waals surface area contributed by atoms with E-state index in [2.05, 4.69) is 4.98 Å². The van der Waals surface area contributed by atoms with Gasteiger partial charge < -0.3 is 10.0 Å². The zero-order valence-corrected chi connectivity index (χ0v) is 12.2. The molecule has 2 heterocycles. The monoisotopic (exact) mass is 324 g/mol. The molecule has 4 nitrogen and oxygen atoms in total. The second kappa shape index (κ2) is 5.72. The van der Waals surface area contributed by atoms with Gasteiger partial charge in [0.1, 0.15) is 17.2 Å². The van der Waals surface area contributed by atoms with Crippen LogP contribution in [-0.2, 0) is 0 Å². The zero-order valence-electron chi connectivity index (χ0n) is 12.2. The van der Waals surface area contributed by atoms with E-state index in [0.717, 1.165) is 0 Å². The normalized spacial score (nSPS) is 18.0.